The first-order valence-corrected chi connectivity index (χ1v) is 27.7. The number of hydrogen-bond donors (Lipinski definition) is 1. The minimum Gasteiger partial charge on any atom is -0.462 e. The van der Waals surface area contributed by atoms with Gasteiger partial charge in [0, 0.05) is 20.0 Å². The molecule has 1 unspecified atom stereocenters. The molecule has 0 radical (unpaired) electrons. The molecule has 65 heavy (non-hydrogen) atoms. The molecule has 1 aromatic rings. The number of esters is 2. The number of fused-ring (bicyclic) bond motifs is 1. The second kappa shape index (κ2) is 34.4. The highest BCUT2D eigenvalue weighted by atomic mass is 31.2. The monoisotopic (exact) mass is 939 g/mol. The van der Waals surface area contributed by atoms with Crippen LogP contribution in [0.3, 0.4) is 0 Å². The molecule has 7 atom stereocenters. The standard InChI is InChI=1S/C52H91O12P/c1-6-8-10-12-14-16-18-20-22-24-26-28-33-37-46(53)58-40-44(61-47(54)38-34-29-27-25-23-21-19-17-15-13-11-9-7-2)41-60-65(55,56)42-45-48-49(64-52(3,4)63-48)50(51(57-5)62-45)59-39-43-35-31-30-32-36-43/h30-32,35-36,44-45,48-51H,6-29,33-34,37-42H2,1-5H3,(H,55,56)/t44-,45+,48-,49-,50+,51+/m0/s1. The molecule has 12 nitrogen and oxygen atoms in total. The zero-order valence-corrected chi connectivity index (χ0v) is 42.3. The summed E-state index contributed by atoms with van der Waals surface area (Å²) < 4.78 is 61.3. The van der Waals surface area contributed by atoms with Crippen molar-refractivity contribution in [2.75, 3.05) is 26.5 Å². The fraction of sp³-hybridized carbons (Fsp3) is 0.846. The number of carbonyl (C=O) groups excluding carboxylic acids is 2. The third-order valence-corrected chi connectivity index (χ3v) is 13.9. The van der Waals surface area contributed by atoms with Gasteiger partial charge < -0.3 is 42.6 Å². The highest BCUT2D eigenvalue weighted by Crippen LogP contribution is 2.48. The fourth-order valence-electron chi connectivity index (χ4n) is 8.79. The van der Waals surface area contributed by atoms with E-state index in [0.29, 0.717) is 6.42 Å². The third kappa shape index (κ3) is 25.9. The Balaban J connectivity index is 1.47. The molecule has 0 saturated carbocycles. The molecule has 0 amide bonds. The van der Waals surface area contributed by atoms with Gasteiger partial charge in [0.25, 0.3) is 0 Å². The second-order valence-corrected chi connectivity index (χ2v) is 20.9. The van der Waals surface area contributed by atoms with E-state index < -0.39 is 74.9 Å². The summed E-state index contributed by atoms with van der Waals surface area (Å²) in [4.78, 5) is 37.1. The van der Waals surface area contributed by atoms with Crippen LogP contribution in [0.25, 0.3) is 0 Å². The molecule has 2 aliphatic heterocycles. The van der Waals surface area contributed by atoms with Crippen LogP contribution in [0.15, 0.2) is 30.3 Å². The van der Waals surface area contributed by atoms with Gasteiger partial charge in [-0.2, -0.15) is 0 Å². The topological polar surface area (TPSA) is 145 Å². The first-order valence-electron chi connectivity index (χ1n) is 26.0. The van der Waals surface area contributed by atoms with Crippen molar-refractivity contribution in [1.82, 2.24) is 0 Å². The van der Waals surface area contributed by atoms with Gasteiger partial charge in [-0.1, -0.05) is 198 Å². The summed E-state index contributed by atoms with van der Waals surface area (Å²) in [5.41, 5.74) is 0.956. The van der Waals surface area contributed by atoms with Crippen LogP contribution >= 0.6 is 7.60 Å². The average Bonchev–Trinajstić information content (AvgIpc) is 3.62. The molecule has 13 heteroatoms. The van der Waals surface area contributed by atoms with E-state index in [1.54, 1.807) is 13.8 Å². The SMILES string of the molecule is CCCCCCCCCCCCCCCC(=O)OC[C@@H](COP(=O)(O)C[C@H]1O[C@@H](OC)[C@H](OCc2ccccc2)[C@H]2OC(C)(C)O[C@H]21)OC(=O)CCCCCCCCCCCCCCC. The maximum Gasteiger partial charge on any atom is 0.330 e. The molecule has 0 bridgehead atoms. The van der Waals surface area contributed by atoms with Gasteiger partial charge in [-0.3, -0.25) is 14.2 Å². The van der Waals surface area contributed by atoms with Crippen LogP contribution in [0.1, 0.15) is 213 Å². The van der Waals surface area contributed by atoms with Crippen LogP contribution in [0, 0.1) is 0 Å². The number of benzene rings is 1. The summed E-state index contributed by atoms with van der Waals surface area (Å²) in [6, 6.07) is 9.69. The highest BCUT2D eigenvalue weighted by molar-refractivity contribution is 7.52. The van der Waals surface area contributed by atoms with Crippen LogP contribution in [-0.2, 0) is 58.4 Å². The van der Waals surface area contributed by atoms with Crippen molar-refractivity contribution >= 4 is 19.5 Å². The van der Waals surface area contributed by atoms with Gasteiger partial charge in [-0.15, -0.1) is 0 Å². The number of carbonyl (C=O) groups is 2. The summed E-state index contributed by atoms with van der Waals surface area (Å²) in [5.74, 6) is -1.86. The van der Waals surface area contributed by atoms with Gasteiger partial charge in [0.1, 0.15) is 31.0 Å². The number of methoxy groups -OCH3 is 1. The minimum atomic E-state index is -4.40. The van der Waals surface area contributed by atoms with Crippen molar-refractivity contribution < 1.29 is 56.7 Å². The van der Waals surface area contributed by atoms with Crippen molar-refractivity contribution in [2.45, 2.75) is 257 Å². The Morgan fingerprint density at radius 1 is 0.662 bits per heavy atom. The molecule has 1 N–H and O–H groups in total. The first kappa shape index (κ1) is 57.4. The molecule has 2 fully saturated rings. The summed E-state index contributed by atoms with van der Waals surface area (Å²) >= 11 is 0. The Kier molecular flexibility index (Phi) is 30.4. The predicted molar refractivity (Wildman–Crippen MR) is 257 cm³/mol. The molecule has 2 heterocycles. The molecule has 2 saturated heterocycles. The predicted octanol–water partition coefficient (Wildman–Crippen LogP) is 13.1. The largest absolute Gasteiger partial charge is 0.462 e. The number of unbranched alkanes of at least 4 members (excludes halogenated alkanes) is 24. The van der Waals surface area contributed by atoms with E-state index in [4.69, 9.17) is 37.7 Å². The molecule has 1 aromatic carbocycles. The molecule has 3 rings (SSSR count). The number of rotatable bonds is 40. The van der Waals surface area contributed by atoms with Gasteiger partial charge in [0.15, 0.2) is 18.2 Å². The van der Waals surface area contributed by atoms with Gasteiger partial charge in [0.2, 0.25) is 0 Å². The van der Waals surface area contributed by atoms with E-state index in [1.807, 2.05) is 30.3 Å². The molecular weight excluding hydrogens is 848 g/mol. The quantitative estimate of drug-likeness (QED) is 0.0380. The zero-order valence-electron chi connectivity index (χ0n) is 41.4. The second-order valence-electron chi connectivity index (χ2n) is 19.0. The van der Waals surface area contributed by atoms with Crippen molar-refractivity contribution in [3.63, 3.8) is 0 Å². The summed E-state index contributed by atoms with van der Waals surface area (Å²) in [5, 5.41) is 0. The Hall–Kier alpha value is -1.89. The summed E-state index contributed by atoms with van der Waals surface area (Å²) in [6.45, 7) is 7.59. The van der Waals surface area contributed by atoms with Gasteiger partial charge in [0.05, 0.1) is 19.4 Å². The fourth-order valence-corrected chi connectivity index (χ4v) is 10.0. The summed E-state index contributed by atoms with van der Waals surface area (Å²) in [7, 11) is -2.92. The molecule has 0 aliphatic carbocycles. The van der Waals surface area contributed by atoms with Gasteiger partial charge in [-0.05, 0) is 32.3 Å². The van der Waals surface area contributed by atoms with Crippen molar-refractivity contribution in [1.29, 1.82) is 0 Å². The third-order valence-electron chi connectivity index (χ3n) is 12.5. The van der Waals surface area contributed by atoms with E-state index in [1.165, 1.54) is 129 Å². The molecule has 0 aromatic heterocycles. The Bertz CT molecular complexity index is 1410. The van der Waals surface area contributed by atoms with E-state index in [9.17, 15) is 19.0 Å². The normalized spacial score (nSPS) is 21.7. The van der Waals surface area contributed by atoms with Crippen LogP contribution in [0.5, 0.6) is 0 Å². The lowest BCUT2D eigenvalue weighted by Gasteiger charge is -2.41. The molecule has 2 aliphatic rings. The van der Waals surface area contributed by atoms with Crippen molar-refractivity contribution in [3.8, 4) is 0 Å². The van der Waals surface area contributed by atoms with Crippen LogP contribution < -0.4 is 0 Å². The molecule has 376 valence electrons. The van der Waals surface area contributed by atoms with E-state index >= 15 is 0 Å². The van der Waals surface area contributed by atoms with Crippen LogP contribution in [0.4, 0.5) is 0 Å². The van der Waals surface area contributed by atoms with E-state index in [2.05, 4.69) is 13.8 Å². The lowest BCUT2D eigenvalue weighted by molar-refractivity contribution is -0.278. The van der Waals surface area contributed by atoms with E-state index in [0.717, 1.165) is 44.1 Å². The Labute approximate surface area is 394 Å². The minimum absolute atomic E-state index is 0.204. The number of hydrogen-bond acceptors (Lipinski definition) is 11. The number of ether oxygens (including phenoxy) is 7. The molecule has 0 spiro atoms. The van der Waals surface area contributed by atoms with Crippen molar-refractivity contribution in [2.24, 2.45) is 0 Å². The maximum atomic E-state index is 13.7. The van der Waals surface area contributed by atoms with Gasteiger partial charge in [-0.25, -0.2) is 0 Å². The lowest BCUT2D eigenvalue weighted by Crippen LogP contribution is -2.58. The van der Waals surface area contributed by atoms with E-state index in [-0.39, 0.29) is 26.1 Å². The first-order chi connectivity index (χ1) is 31.5. The Morgan fingerprint density at radius 3 is 1.62 bits per heavy atom. The van der Waals surface area contributed by atoms with Crippen molar-refractivity contribution in [3.05, 3.63) is 35.9 Å². The zero-order chi connectivity index (χ0) is 47.0. The Morgan fingerprint density at radius 2 is 1.12 bits per heavy atom. The summed E-state index contributed by atoms with van der Waals surface area (Å²) in [6.07, 6.45) is 26.2. The molecular formula is C52H91O12P. The average molecular weight is 939 g/mol. The van der Waals surface area contributed by atoms with Gasteiger partial charge >= 0.3 is 19.5 Å². The lowest BCUT2D eigenvalue weighted by atomic mass is 9.99. The maximum absolute atomic E-state index is 13.7. The van der Waals surface area contributed by atoms with Crippen LogP contribution in [-0.4, -0.2) is 85.9 Å². The van der Waals surface area contributed by atoms with Crippen LogP contribution in [0.2, 0.25) is 0 Å². The smallest absolute Gasteiger partial charge is 0.330 e. The highest BCUT2D eigenvalue weighted by Gasteiger charge is 2.57.